The van der Waals surface area contributed by atoms with Gasteiger partial charge >= 0.3 is 5.97 Å². The fourth-order valence-electron chi connectivity index (χ4n) is 3.14. The molecule has 0 aliphatic rings. The van der Waals surface area contributed by atoms with E-state index in [1.165, 1.54) is 5.56 Å². The van der Waals surface area contributed by atoms with Gasteiger partial charge in [-0.3, -0.25) is 9.59 Å². The molecule has 2 aromatic carbocycles. The van der Waals surface area contributed by atoms with Crippen LogP contribution in [0.2, 0.25) is 0 Å². The Morgan fingerprint density at radius 1 is 0.900 bits per heavy atom. The van der Waals surface area contributed by atoms with E-state index in [4.69, 9.17) is 4.74 Å². The van der Waals surface area contributed by atoms with Crippen molar-refractivity contribution in [1.29, 1.82) is 0 Å². The van der Waals surface area contributed by atoms with Crippen LogP contribution in [0.3, 0.4) is 0 Å². The van der Waals surface area contributed by atoms with Crippen LogP contribution in [-0.4, -0.2) is 30.0 Å². The zero-order chi connectivity index (χ0) is 21.2. The number of aromatic nitrogens is 1. The lowest BCUT2D eigenvalue weighted by Crippen LogP contribution is -2.28. The Hall–Kier alpha value is -3.34. The van der Waals surface area contributed by atoms with Crippen LogP contribution in [-0.2, 0) is 27.2 Å². The molecule has 0 saturated carbocycles. The number of amides is 1. The molecule has 0 saturated heterocycles. The predicted octanol–water partition coefficient (Wildman–Crippen LogP) is 4.21. The first kappa shape index (κ1) is 21.4. The Kier molecular flexibility index (Phi) is 7.84. The summed E-state index contributed by atoms with van der Waals surface area (Å²) in [7, 11) is 0. The summed E-state index contributed by atoms with van der Waals surface area (Å²) in [6, 6.07) is 22.2. The number of ether oxygens (including phenoxy) is 1. The molecule has 156 valence electrons. The summed E-state index contributed by atoms with van der Waals surface area (Å²) in [6.45, 7) is 2.56. The molecule has 0 spiro atoms. The van der Waals surface area contributed by atoms with Crippen LogP contribution in [0, 0.1) is 6.92 Å². The molecule has 0 aliphatic heterocycles. The van der Waals surface area contributed by atoms with Gasteiger partial charge in [-0.25, -0.2) is 0 Å². The lowest BCUT2D eigenvalue weighted by Gasteiger charge is -2.07. The summed E-state index contributed by atoms with van der Waals surface area (Å²) in [5.41, 5.74) is 5.49. The van der Waals surface area contributed by atoms with E-state index in [0.29, 0.717) is 32.2 Å². The maximum Gasteiger partial charge on any atom is 0.306 e. The molecule has 3 aromatic rings. The average molecular weight is 405 g/mol. The summed E-state index contributed by atoms with van der Waals surface area (Å²) in [5.74, 6) is -0.300. The third kappa shape index (κ3) is 6.92. The van der Waals surface area contributed by atoms with Gasteiger partial charge in [-0.05, 0) is 43.0 Å². The molecule has 1 heterocycles. The van der Waals surface area contributed by atoms with Crippen molar-refractivity contribution in [2.75, 3.05) is 13.2 Å². The predicted molar refractivity (Wildman–Crippen MR) is 118 cm³/mol. The van der Waals surface area contributed by atoms with E-state index < -0.39 is 0 Å². The van der Waals surface area contributed by atoms with Gasteiger partial charge in [-0.1, -0.05) is 60.2 Å². The van der Waals surface area contributed by atoms with Crippen LogP contribution in [0.15, 0.2) is 66.7 Å². The average Bonchev–Trinajstić information content (AvgIpc) is 3.25. The quantitative estimate of drug-likeness (QED) is 0.393. The van der Waals surface area contributed by atoms with Gasteiger partial charge < -0.3 is 15.0 Å². The van der Waals surface area contributed by atoms with E-state index >= 15 is 0 Å². The van der Waals surface area contributed by atoms with Crippen molar-refractivity contribution >= 4 is 11.9 Å². The number of nitrogens with one attached hydrogen (secondary N) is 2. The van der Waals surface area contributed by atoms with Gasteiger partial charge in [0.2, 0.25) is 5.91 Å². The summed E-state index contributed by atoms with van der Waals surface area (Å²) in [6.07, 6.45) is 2.02. The van der Waals surface area contributed by atoms with Crippen LogP contribution in [0.25, 0.3) is 11.3 Å². The summed E-state index contributed by atoms with van der Waals surface area (Å²) >= 11 is 0. The fourth-order valence-corrected chi connectivity index (χ4v) is 3.14. The minimum Gasteiger partial charge on any atom is -0.464 e. The first-order valence-corrected chi connectivity index (χ1v) is 10.3. The number of hydrogen-bond acceptors (Lipinski definition) is 3. The van der Waals surface area contributed by atoms with Crippen molar-refractivity contribution in [2.45, 2.75) is 32.6 Å². The summed E-state index contributed by atoms with van der Waals surface area (Å²) < 4.78 is 5.21. The number of benzene rings is 2. The van der Waals surface area contributed by atoms with Crippen molar-refractivity contribution in [3.8, 4) is 11.3 Å². The molecule has 30 heavy (non-hydrogen) atoms. The van der Waals surface area contributed by atoms with Crippen molar-refractivity contribution in [1.82, 2.24) is 10.3 Å². The molecular weight excluding hydrogens is 376 g/mol. The number of carbonyl (C=O) groups excluding carboxylic acids is 2. The van der Waals surface area contributed by atoms with Gasteiger partial charge in [0, 0.05) is 17.8 Å². The minimum atomic E-state index is -0.264. The van der Waals surface area contributed by atoms with E-state index in [1.54, 1.807) is 0 Å². The Bertz CT molecular complexity index is 946. The maximum atomic E-state index is 11.9. The summed E-state index contributed by atoms with van der Waals surface area (Å²) in [4.78, 5) is 27.2. The topological polar surface area (TPSA) is 71.2 Å². The van der Waals surface area contributed by atoms with Crippen molar-refractivity contribution in [3.63, 3.8) is 0 Å². The molecule has 5 nitrogen and oxygen atoms in total. The van der Waals surface area contributed by atoms with Crippen LogP contribution in [0.4, 0.5) is 0 Å². The number of rotatable bonds is 10. The highest BCUT2D eigenvalue weighted by molar-refractivity contribution is 5.76. The number of aromatic amines is 1. The molecule has 1 aromatic heterocycles. The van der Waals surface area contributed by atoms with E-state index in [1.807, 2.05) is 73.7 Å². The van der Waals surface area contributed by atoms with Gasteiger partial charge in [0.1, 0.15) is 6.61 Å². The van der Waals surface area contributed by atoms with Crippen molar-refractivity contribution < 1.29 is 14.3 Å². The van der Waals surface area contributed by atoms with Crippen LogP contribution in [0.5, 0.6) is 0 Å². The molecule has 0 atom stereocenters. The molecule has 0 radical (unpaired) electrons. The Morgan fingerprint density at radius 2 is 1.67 bits per heavy atom. The third-order valence-electron chi connectivity index (χ3n) is 4.88. The minimum absolute atomic E-state index is 0.0357. The molecule has 2 N–H and O–H groups in total. The van der Waals surface area contributed by atoms with Gasteiger partial charge in [0.25, 0.3) is 0 Å². The molecule has 0 aliphatic carbocycles. The normalized spacial score (nSPS) is 10.6. The maximum absolute atomic E-state index is 11.9. The monoisotopic (exact) mass is 404 g/mol. The van der Waals surface area contributed by atoms with Crippen LogP contribution in [0.1, 0.15) is 29.7 Å². The molecule has 1 amide bonds. The third-order valence-corrected chi connectivity index (χ3v) is 4.88. The van der Waals surface area contributed by atoms with Gasteiger partial charge in [0.15, 0.2) is 0 Å². The number of H-pyrrole nitrogens is 1. The highest BCUT2D eigenvalue weighted by atomic mass is 16.5. The second kappa shape index (κ2) is 11.0. The van der Waals surface area contributed by atoms with Crippen molar-refractivity contribution in [3.05, 3.63) is 83.6 Å². The lowest BCUT2D eigenvalue weighted by molar-refractivity contribution is -0.143. The first-order valence-electron chi connectivity index (χ1n) is 10.3. The first-order chi connectivity index (χ1) is 14.6. The van der Waals surface area contributed by atoms with Crippen molar-refractivity contribution in [2.24, 2.45) is 0 Å². The second-order valence-corrected chi connectivity index (χ2v) is 7.32. The van der Waals surface area contributed by atoms with E-state index in [2.05, 4.69) is 10.3 Å². The number of aryl methyl sites for hydroxylation is 3. The zero-order valence-electron chi connectivity index (χ0n) is 17.3. The number of hydrogen-bond donors (Lipinski definition) is 2. The number of esters is 1. The largest absolute Gasteiger partial charge is 0.464 e. The van der Waals surface area contributed by atoms with E-state index in [0.717, 1.165) is 22.5 Å². The van der Waals surface area contributed by atoms with Gasteiger partial charge in [-0.15, -0.1) is 0 Å². The van der Waals surface area contributed by atoms with Crippen LogP contribution < -0.4 is 5.32 Å². The molecule has 0 bridgehead atoms. The van der Waals surface area contributed by atoms with E-state index in [9.17, 15) is 9.59 Å². The molecule has 0 fully saturated rings. The SMILES string of the molecule is Cc1ccc(CCC(=O)NCCOC(=O)CCc2ccc(-c3ccccc3)[nH]2)cc1. The highest BCUT2D eigenvalue weighted by Gasteiger charge is 2.07. The Labute approximate surface area is 177 Å². The van der Waals surface area contributed by atoms with Gasteiger partial charge in [0.05, 0.1) is 13.0 Å². The standard InChI is InChI=1S/C25H28N2O3/c1-19-7-9-20(10-8-19)11-15-24(28)26-17-18-30-25(29)16-13-22-12-14-23(27-22)21-5-3-2-4-6-21/h2-10,12,14,27H,11,13,15-18H2,1H3,(H,26,28). The molecule has 3 rings (SSSR count). The molecular formula is C25H28N2O3. The highest BCUT2D eigenvalue weighted by Crippen LogP contribution is 2.18. The van der Waals surface area contributed by atoms with E-state index in [-0.39, 0.29) is 18.5 Å². The number of carbonyl (C=O) groups is 2. The summed E-state index contributed by atoms with van der Waals surface area (Å²) in [5, 5.41) is 2.79. The fraction of sp³-hybridized carbons (Fsp3) is 0.280. The van der Waals surface area contributed by atoms with Crippen LogP contribution >= 0.6 is 0 Å². The zero-order valence-corrected chi connectivity index (χ0v) is 17.3. The van der Waals surface area contributed by atoms with Gasteiger partial charge in [-0.2, -0.15) is 0 Å². The Morgan fingerprint density at radius 3 is 2.43 bits per heavy atom. The smallest absolute Gasteiger partial charge is 0.306 e. The lowest BCUT2D eigenvalue weighted by atomic mass is 10.1. The second-order valence-electron chi connectivity index (χ2n) is 7.32. The molecule has 5 heteroatoms. The Balaban J connectivity index is 1.28. The molecule has 0 unspecified atom stereocenters.